The van der Waals surface area contributed by atoms with Gasteiger partial charge in [-0.3, -0.25) is 0 Å². The summed E-state index contributed by atoms with van der Waals surface area (Å²) in [7, 11) is 0. The zero-order chi connectivity index (χ0) is 8.65. The summed E-state index contributed by atoms with van der Waals surface area (Å²) in [5.74, 6) is -0.636. The first-order valence-electron chi connectivity index (χ1n) is 3.59. The highest BCUT2D eigenvalue weighted by molar-refractivity contribution is 6.58. The van der Waals surface area contributed by atoms with Gasteiger partial charge in [0.15, 0.2) is 0 Å². The first kappa shape index (κ1) is 9.14. The van der Waals surface area contributed by atoms with Gasteiger partial charge >= 0.3 is 5.97 Å². The lowest BCUT2D eigenvalue weighted by Gasteiger charge is -2.15. The fourth-order valence-electron chi connectivity index (χ4n) is 1.17. The summed E-state index contributed by atoms with van der Waals surface area (Å²) in [6.07, 6.45) is 0.631. The molecule has 0 amide bonds. The molecule has 1 fully saturated rings. The summed E-state index contributed by atoms with van der Waals surface area (Å²) in [4.78, 5) is 11.0. The smallest absolute Gasteiger partial charge is 0.343 e. The van der Waals surface area contributed by atoms with Gasteiger partial charge in [-0.25, -0.2) is 4.79 Å². The van der Waals surface area contributed by atoms with Crippen molar-refractivity contribution in [3.8, 4) is 0 Å². The van der Waals surface area contributed by atoms with E-state index in [1.165, 1.54) is 0 Å². The van der Waals surface area contributed by atoms with E-state index in [0.717, 1.165) is 6.42 Å². The van der Waals surface area contributed by atoms with Crippen molar-refractivity contribution in [1.29, 1.82) is 0 Å². The molecule has 1 aliphatic heterocycles. The van der Waals surface area contributed by atoms with E-state index in [1.807, 2.05) is 13.8 Å². The highest BCUT2D eigenvalue weighted by Gasteiger charge is 2.52. The van der Waals surface area contributed by atoms with Crippen LogP contribution >= 0.6 is 23.2 Å². The van der Waals surface area contributed by atoms with Crippen LogP contribution in [0.25, 0.3) is 0 Å². The van der Waals surface area contributed by atoms with Crippen LogP contribution in [0.2, 0.25) is 0 Å². The number of hydrogen-bond acceptors (Lipinski definition) is 2. The van der Waals surface area contributed by atoms with Crippen LogP contribution in [0.5, 0.6) is 0 Å². The van der Waals surface area contributed by atoms with Crippen LogP contribution in [0.15, 0.2) is 0 Å². The SMILES string of the molecule is CCC1OC(=O)C(Cl)(Cl)[C@@H]1C. The summed E-state index contributed by atoms with van der Waals surface area (Å²) in [5.41, 5.74) is 0. The Morgan fingerprint density at radius 3 is 2.36 bits per heavy atom. The predicted octanol–water partition coefficient (Wildman–Crippen LogP) is 2.13. The Morgan fingerprint density at radius 1 is 1.64 bits per heavy atom. The monoisotopic (exact) mass is 196 g/mol. The molecule has 0 aromatic rings. The third-order valence-corrected chi connectivity index (χ3v) is 3.06. The molecule has 64 valence electrons. The predicted molar refractivity (Wildman–Crippen MR) is 43.8 cm³/mol. The second-order valence-electron chi connectivity index (χ2n) is 2.76. The van der Waals surface area contributed by atoms with E-state index >= 15 is 0 Å². The Hall–Kier alpha value is 0.0500. The summed E-state index contributed by atoms with van der Waals surface area (Å²) in [6.45, 7) is 3.75. The molecule has 1 saturated heterocycles. The van der Waals surface area contributed by atoms with Crippen molar-refractivity contribution in [3.63, 3.8) is 0 Å². The zero-order valence-electron chi connectivity index (χ0n) is 6.43. The van der Waals surface area contributed by atoms with Gasteiger partial charge in [-0.2, -0.15) is 0 Å². The minimum Gasteiger partial charge on any atom is -0.460 e. The van der Waals surface area contributed by atoms with Crippen LogP contribution in [0.4, 0.5) is 0 Å². The van der Waals surface area contributed by atoms with Crippen molar-refractivity contribution in [3.05, 3.63) is 0 Å². The molecule has 0 spiro atoms. The average Bonchev–Trinajstić information content (AvgIpc) is 2.14. The second-order valence-corrected chi connectivity index (χ2v) is 4.15. The minimum atomic E-state index is -1.33. The quantitative estimate of drug-likeness (QED) is 0.475. The van der Waals surface area contributed by atoms with Crippen LogP contribution in [-0.2, 0) is 9.53 Å². The van der Waals surface area contributed by atoms with E-state index in [1.54, 1.807) is 0 Å². The van der Waals surface area contributed by atoms with Crippen LogP contribution < -0.4 is 0 Å². The number of carbonyl (C=O) groups excluding carboxylic acids is 1. The molecule has 1 heterocycles. The summed E-state index contributed by atoms with van der Waals surface area (Å²) in [5, 5.41) is 0. The highest BCUT2D eigenvalue weighted by atomic mass is 35.5. The molecule has 2 nitrogen and oxygen atoms in total. The van der Waals surface area contributed by atoms with Crippen molar-refractivity contribution in [2.75, 3.05) is 0 Å². The number of alkyl halides is 2. The van der Waals surface area contributed by atoms with E-state index < -0.39 is 10.3 Å². The van der Waals surface area contributed by atoms with Crippen molar-refractivity contribution >= 4 is 29.2 Å². The van der Waals surface area contributed by atoms with Crippen molar-refractivity contribution in [1.82, 2.24) is 0 Å². The second kappa shape index (κ2) is 2.83. The molecule has 0 aromatic heterocycles. The van der Waals surface area contributed by atoms with E-state index in [2.05, 4.69) is 0 Å². The normalized spacial score (nSPS) is 35.5. The van der Waals surface area contributed by atoms with Gasteiger partial charge in [0.25, 0.3) is 0 Å². The Bertz CT molecular complexity index is 179. The molecular weight excluding hydrogens is 187 g/mol. The molecule has 0 bridgehead atoms. The standard InChI is InChI=1S/C7H10Cl2O2/c1-3-5-4(2)7(8,9)6(10)11-5/h4-5H,3H2,1-2H3/t4-,5?/m1/s1. The van der Waals surface area contributed by atoms with E-state index in [-0.39, 0.29) is 12.0 Å². The van der Waals surface area contributed by atoms with Gasteiger partial charge in [-0.05, 0) is 6.42 Å². The number of hydrogen-bond donors (Lipinski definition) is 0. The molecule has 1 aliphatic rings. The number of carbonyl (C=O) groups is 1. The maximum atomic E-state index is 11.0. The molecule has 0 N–H and O–H groups in total. The molecule has 1 unspecified atom stereocenters. The minimum absolute atomic E-state index is 0.122. The lowest BCUT2D eigenvalue weighted by molar-refractivity contribution is -0.142. The highest BCUT2D eigenvalue weighted by Crippen LogP contribution is 2.41. The molecule has 2 atom stereocenters. The molecule has 4 heteroatoms. The molecule has 0 aromatic carbocycles. The van der Waals surface area contributed by atoms with Gasteiger partial charge < -0.3 is 4.74 Å². The lowest BCUT2D eigenvalue weighted by atomic mass is 10.0. The molecule has 0 radical (unpaired) electrons. The van der Waals surface area contributed by atoms with Crippen LogP contribution in [-0.4, -0.2) is 16.4 Å². The Labute approximate surface area is 75.8 Å². The van der Waals surface area contributed by atoms with Gasteiger partial charge in [-0.1, -0.05) is 37.0 Å². The summed E-state index contributed by atoms with van der Waals surface area (Å²) >= 11 is 11.5. The topological polar surface area (TPSA) is 26.3 Å². The van der Waals surface area contributed by atoms with Gasteiger partial charge in [0.05, 0.1) is 0 Å². The number of ether oxygens (including phenoxy) is 1. The van der Waals surface area contributed by atoms with Crippen LogP contribution in [0.3, 0.4) is 0 Å². The van der Waals surface area contributed by atoms with E-state index in [4.69, 9.17) is 27.9 Å². The Balaban J connectivity index is 2.80. The van der Waals surface area contributed by atoms with Crippen molar-refractivity contribution in [2.45, 2.75) is 30.7 Å². The molecular formula is C7H10Cl2O2. The van der Waals surface area contributed by atoms with Gasteiger partial charge in [0, 0.05) is 5.92 Å². The van der Waals surface area contributed by atoms with E-state index in [0.29, 0.717) is 0 Å². The Kier molecular flexibility index (Phi) is 2.35. The fourth-order valence-corrected chi connectivity index (χ4v) is 1.54. The summed E-state index contributed by atoms with van der Waals surface area (Å²) < 4.78 is 3.60. The number of esters is 1. The average molecular weight is 197 g/mol. The van der Waals surface area contributed by atoms with Gasteiger partial charge in [0.1, 0.15) is 6.10 Å². The molecule has 0 saturated carbocycles. The van der Waals surface area contributed by atoms with Crippen LogP contribution in [0, 0.1) is 5.92 Å². The molecule has 1 rings (SSSR count). The first-order chi connectivity index (χ1) is 5.00. The van der Waals surface area contributed by atoms with Crippen molar-refractivity contribution < 1.29 is 9.53 Å². The molecule has 0 aliphatic carbocycles. The maximum Gasteiger partial charge on any atom is 0.343 e. The summed E-state index contributed by atoms with van der Waals surface area (Å²) in [6, 6.07) is 0. The van der Waals surface area contributed by atoms with E-state index in [9.17, 15) is 4.79 Å². The molecule has 11 heavy (non-hydrogen) atoms. The zero-order valence-corrected chi connectivity index (χ0v) is 7.95. The Morgan fingerprint density at radius 2 is 2.18 bits per heavy atom. The third-order valence-electron chi connectivity index (χ3n) is 2.06. The van der Waals surface area contributed by atoms with Gasteiger partial charge in [-0.15, -0.1) is 0 Å². The van der Waals surface area contributed by atoms with Gasteiger partial charge in [0.2, 0.25) is 4.33 Å². The lowest BCUT2D eigenvalue weighted by Crippen LogP contribution is -2.27. The third kappa shape index (κ3) is 1.34. The fraction of sp³-hybridized carbons (Fsp3) is 0.857. The van der Waals surface area contributed by atoms with Crippen molar-refractivity contribution in [2.24, 2.45) is 5.92 Å². The largest absolute Gasteiger partial charge is 0.460 e. The number of halogens is 2. The maximum absolute atomic E-state index is 11.0. The van der Waals surface area contributed by atoms with Crippen LogP contribution in [0.1, 0.15) is 20.3 Å². The first-order valence-corrected chi connectivity index (χ1v) is 4.34. The number of rotatable bonds is 1. The number of cyclic esters (lactones) is 1.